The average Bonchev–Trinajstić information content (AvgIpc) is 2.29. The lowest BCUT2D eigenvalue weighted by Crippen LogP contribution is -2.30. The van der Waals surface area contributed by atoms with E-state index in [1.807, 2.05) is 12.1 Å². The van der Waals surface area contributed by atoms with Crippen molar-refractivity contribution in [3.8, 4) is 0 Å². The molecule has 0 unspecified atom stereocenters. The molecule has 2 nitrogen and oxygen atoms in total. The Kier molecular flexibility index (Phi) is 3.49. The van der Waals surface area contributed by atoms with Crippen molar-refractivity contribution in [2.75, 3.05) is 18.0 Å². The predicted molar refractivity (Wildman–Crippen MR) is 64.6 cm³/mol. The van der Waals surface area contributed by atoms with Crippen LogP contribution in [0.25, 0.3) is 0 Å². The summed E-state index contributed by atoms with van der Waals surface area (Å²) in [5, 5.41) is 0.882. The van der Waals surface area contributed by atoms with Crippen LogP contribution < -0.4 is 4.90 Å². The van der Waals surface area contributed by atoms with Gasteiger partial charge in [-0.2, -0.15) is 0 Å². The van der Waals surface area contributed by atoms with Crippen molar-refractivity contribution in [2.45, 2.75) is 12.3 Å². The third-order valence-corrected chi connectivity index (χ3v) is 2.98. The van der Waals surface area contributed by atoms with Crippen LogP contribution in [0.2, 0.25) is 0 Å². The summed E-state index contributed by atoms with van der Waals surface area (Å²) in [7, 11) is 0. The number of aromatic nitrogens is 1. The Labute approximate surface area is 99.5 Å². The summed E-state index contributed by atoms with van der Waals surface area (Å²) in [5.74, 6) is 1.44. The van der Waals surface area contributed by atoms with E-state index < -0.39 is 0 Å². The fraction of sp³-hybridized carbons (Fsp3) is 0.364. The highest BCUT2D eigenvalue weighted by Gasteiger charge is 2.15. The van der Waals surface area contributed by atoms with E-state index in [0.29, 0.717) is 5.88 Å². The molecule has 1 aliphatic heterocycles. The van der Waals surface area contributed by atoms with Crippen molar-refractivity contribution < 1.29 is 0 Å². The highest BCUT2D eigenvalue weighted by molar-refractivity contribution is 6.30. The minimum atomic E-state index is 0.487. The summed E-state index contributed by atoms with van der Waals surface area (Å²) >= 11 is 11.9. The van der Waals surface area contributed by atoms with Gasteiger partial charge < -0.3 is 4.90 Å². The first-order valence-electron chi connectivity index (χ1n) is 4.90. The molecule has 4 heteroatoms. The fourth-order valence-electron chi connectivity index (χ4n) is 1.70. The molecule has 0 saturated carbocycles. The van der Waals surface area contributed by atoms with Gasteiger partial charge in [-0.15, -0.1) is 11.6 Å². The molecular formula is C11H12Cl2N2. The predicted octanol–water partition coefficient (Wildman–Crippen LogP) is 3.15. The van der Waals surface area contributed by atoms with Crippen LogP contribution in [0.1, 0.15) is 12.0 Å². The van der Waals surface area contributed by atoms with Crippen LogP contribution in [0.15, 0.2) is 29.4 Å². The smallest absolute Gasteiger partial charge is 0.133 e. The molecule has 80 valence electrons. The summed E-state index contributed by atoms with van der Waals surface area (Å²) in [6, 6.07) is 3.91. The van der Waals surface area contributed by atoms with E-state index >= 15 is 0 Å². The van der Waals surface area contributed by atoms with Gasteiger partial charge in [0.25, 0.3) is 0 Å². The quantitative estimate of drug-likeness (QED) is 0.742. The molecule has 0 spiro atoms. The summed E-state index contributed by atoms with van der Waals surface area (Å²) in [5.41, 5.74) is 1.06. The zero-order chi connectivity index (χ0) is 10.7. The molecule has 2 heterocycles. The average molecular weight is 243 g/mol. The van der Waals surface area contributed by atoms with E-state index in [9.17, 15) is 0 Å². The summed E-state index contributed by atoms with van der Waals surface area (Å²) in [6.45, 7) is 1.69. The van der Waals surface area contributed by atoms with Gasteiger partial charge in [0, 0.05) is 23.3 Å². The number of halogens is 2. The normalized spacial score (nSPS) is 16.4. The minimum Gasteiger partial charge on any atom is -0.351 e. The molecule has 0 bridgehead atoms. The second kappa shape index (κ2) is 4.86. The molecule has 0 aromatic carbocycles. The van der Waals surface area contributed by atoms with Gasteiger partial charge in [-0.1, -0.05) is 23.7 Å². The van der Waals surface area contributed by atoms with E-state index in [1.54, 1.807) is 6.20 Å². The second-order valence-electron chi connectivity index (χ2n) is 3.48. The van der Waals surface area contributed by atoms with Gasteiger partial charge in [-0.25, -0.2) is 4.98 Å². The van der Waals surface area contributed by atoms with Gasteiger partial charge in [0.1, 0.15) is 5.82 Å². The lowest BCUT2D eigenvalue weighted by Gasteiger charge is -2.27. The number of nitrogens with zero attached hydrogens (tertiary/aromatic N) is 2. The Morgan fingerprint density at radius 2 is 2.33 bits per heavy atom. The minimum absolute atomic E-state index is 0.487. The molecule has 2 rings (SSSR count). The van der Waals surface area contributed by atoms with Crippen LogP contribution in [0.3, 0.4) is 0 Å². The molecule has 0 radical (unpaired) electrons. The van der Waals surface area contributed by atoms with Crippen molar-refractivity contribution in [3.05, 3.63) is 35.0 Å². The second-order valence-corrected chi connectivity index (χ2v) is 4.23. The maximum Gasteiger partial charge on any atom is 0.133 e. The zero-order valence-electron chi connectivity index (χ0n) is 8.29. The van der Waals surface area contributed by atoms with E-state index in [-0.39, 0.29) is 0 Å². The lowest BCUT2D eigenvalue weighted by atomic mass is 10.2. The van der Waals surface area contributed by atoms with E-state index in [0.717, 1.165) is 35.9 Å². The van der Waals surface area contributed by atoms with Crippen molar-refractivity contribution in [1.29, 1.82) is 0 Å². The van der Waals surface area contributed by atoms with Gasteiger partial charge in [-0.05, 0) is 12.5 Å². The third kappa shape index (κ3) is 2.44. The highest BCUT2D eigenvalue weighted by Crippen LogP contribution is 2.23. The Morgan fingerprint density at radius 1 is 1.47 bits per heavy atom. The molecule has 1 aromatic rings. The maximum atomic E-state index is 6.02. The largest absolute Gasteiger partial charge is 0.351 e. The highest BCUT2D eigenvalue weighted by atomic mass is 35.5. The SMILES string of the molecule is ClCc1cccnc1N1CCC=C(Cl)C1. The van der Waals surface area contributed by atoms with Crippen LogP contribution in [0.5, 0.6) is 0 Å². The van der Waals surface area contributed by atoms with Crippen LogP contribution in [-0.4, -0.2) is 18.1 Å². The molecule has 0 atom stereocenters. The van der Waals surface area contributed by atoms with Crippen molar-refractivity contribution in [2.24, 2.45) is 0 Å². The topological polar surface area (TPSA) is 16.1 Å². The monoisotopic (exact) mass is 242 g/mol. The summed E-state index contributed by atoms with van der Waals surface area (Å²) in [4.78, 5) is 6.53. The maximum absolute atomic E-state index is 6.02. The Morgan fingerprint density at radius 3 is 3.07 bits per heavy atom. The van der Waals surface area contributed by atoms with E-state index in [1.165, 1.54) is 0 Å². The number of hydrogen-bond acceptors (Lipinski definition) is 2. The Hall–Kier alpha value is -0.730. The lowest BCUT2D eigenvalue weighted by molar-refractivity contribution is 0.793. The Balaban J connectivity index is 2.25. The van der Waals surface area contributed by atoms with Crippen LogP contribution in [0.4, 0.5) is 5.82 Å². The molecule has 0 N–H and O–H groups in total. The molecule has 0 amide bonds. The van der Waals surface area contributed by atoms with Gasteiger partial charge >= 0.3 is 0 Å². The van der Waals surface area contributed by atoms with Crippen LogP contribution >= 0.6 is 23.2 Å². The molecule has 0 saturated heterocycles. The summed E-state index contributed by atoms with van der Waals surface area (Å²) < 4.78 is 0. The molecule has 1 aromatic heterocycles. The van der Waals surface area contributed by atoms with Gasteiger partial charge in [0.15, 0.2) is 0 Å². The van der Waals surface area contributed by atoms with E-state index in [4.69, 9.17) is 23.2 Å². The number of alkyl halides is 1. The number of hydrogen-bond donors (Lipinski definition) is 0. The Bertz CT molecular complexity index is 377. The van der Waals surface area contributed by atoms with Gasteiger partial charge in [0.05, 0.1) is 12.4 Å². The molecule has 0 fully saturated rings. The molecule has 1 aliphatic rings. The van der Waals surface area contributed by atoms with E-state index in [2.05, 4.69) is 16.0 Å². The fourth-order valence-corrected chi connectivity index (χ4v) is 2.17. The van der Waals surface area contributed by atoms with Crippen molar-refractivity contribution in [1.82, 2.24) is 4.98 Å². The van der Waals surface area contributed by atoms with Gasteiger partial charge in [-0.3, -0.25) is 0 Å². The first-order valence-corrected chi connectivity index (χ1v) is 5.82. The molecular weight excluding hydrogens is 231 g/mol. The van der Waals surface area contributed by atoms with Crippen LogP contribution in [0, 0.1) is 0 Å². The number of anilines is 1. The third-order valence-electron chi connectivity index (χ3n) is 2.42. The van der Waals surface area contributed by atoms with Crippen molar-refractivity contribution >= 4 is 29.0 Å². The summed E-state index contributed by atoms with van der Waals surface area (Å²) in [6.07, 6.45) is 4.82. The molecule has 15 heavy (non-hydrogen) atoms. The first-order chi connectivity index (χ1) is 7.31. The van der Waals surface area contributed by atoms with Gasteiger partial charge in [0.2, 0.25) is 0 Å². The van der Waals surface area contributed by atoms with Crippen molar-refractivity contribution in [3.63, 3.8) is 0 Å². The zero-order valence-corrected chi connectivity index (χ0v) is 9.80. The first kappa shape index (κ1) is 10.8. The molecule has 0 aliphatic carbocycles. The number of pyridine rings is 1. The van der Waals surface area contributed by atoms with Crippen LogP contribution in [-0.2, 0) is 5.88 Å². The number of rotatable bonds is 2. The standard InChI is InChI=1S/C11H12Cl2N2/c12-7-9-3-1-5-14-11(9)15-6-2-4-10(13)8-15/h1,3-5H,2,6-8H2.